The van der Waals surface area contributed by atoms with E-state index in [0.29, 0.717) is 11.8 Å². The van der Waals surface area contributed by atoms with E-state index < -0.39 is 0 Å². The zero-order chi connectivity index (χ0) is 13.2. The Kier molecular flexibility index (Phi) is 4.05. The first-order valence-electron chi connectivity index (χ1n) is 7.50. The third-order valence-electron chi connectivity index (χ3n) is 4.74. The van der Waals surface area contributed by atoms with Crippen LogP contribution in [0.4, 0.5) is 0 Å². The molecule has 1 unspecified atom stereocenters. The SMILES string of the molecule is CN1CC(CN2CC(N3CCOCC3)C2)CCC1=O. The lowest BCUT2D eigenvalue weighted by atomic mass is 9.95. The van der Waals surface area contributed by atoms with E-state index in [2.05, 4.69) is 9.80 Å². The van der Waals surface area contributed by atoms with Gasteiger partial charge in [0.15, 0.2) is 0 Å². The van der Waals surface area contributed by atoms with Gasteiger partial charge in [0.25, 0.3) is 0 Å². The first-order chi connectivity index (χ1) is 9.22. The largest absolute Gasteiger partial charge is 0.379 e. The van der Waals surface area contributed by atoms with Crippen molar-refractivity contribution in [2.75, 3.05) is 59.5 Å². The highest BCUT2D eigenvalue weighted by Gasteiger charge is 2.34. The van der Waals surface area contributed by atoms with Crippen LogP contribution in [0.25, 0.3) is 0 Å². The molecule has 0 aromatic heterocycles. The Labute approximate surface area is 115 Å². The van der Waals surface area contributed by atoms with Crippen molar-refractivity contribution in [3.8, 4) is 0 Å². The van der Waals surface area contributed by atoms with E-state index in [9.17, 15) is 4.79 Å². The second-order valence-electron chi connectivity index (χ2n) is 6.20. The van der Waals surface area contributed by atoms with Crippen molar-refractivity contribution in [2.45, 2.75) is 18.9 Å². The maximum Gasteiger partial charge on any atom is 0.222 e. The maximum absolute atomic E-state index is 11.5. The van der Waals surface area contributed by atoms with E-state index in [-0.39, 0.29) is 0 Å². The molecule has 3 fully saturated rings. The second-order valence-corrected chi connectivity index (χ2v) is 6.20. The predicted octanol–water partition coefficient (Wildman–Crippen LogP) is -0.129. The zero-order valence-corrected chi connectivity index (χ0v) is 11.9. The van der Waals surface area contributed by atoms with Gasteiger partial charge in [0, 0.05) is 58.8 Å². The van der Waals surface area contributed by atoms with Crippen LogP contribution < -0.4 is 0 Å². The van der Waals surface area contributed by atoms with Crippen LogP contribution in [0.15, 0.2) is 0 Å². The Morgan fingerprint density at radius 1 is 1.21 bits per heavy atom. The number of likely N-dealkylation sites (tertiary alicyclic amines) is 2. The van der Waals surface area contributed by atoms with Gasteiger partial charge >= 0.3 is 0 Å². The van der Waals surface area contributed by atoms with Crippen molar-refractivity contribution < 1.29 is 9.53 Å². The summed E-state index contributed by atoms with van der Waals surface area (Å²) in [6.45, 7) is 8.49. The molecular weight excluding hydrogens is 242 g/mol. The van der Waals surface area contributed by atoms with Gasteiger partial charge < -0.3 is 9.64 Å². The number of hydrogen-bond acceptors (Lipinski definition) is 4. The van der Waals surface area contributed by atoms with E-state index >= 15 is 0 Å². The number of amides is 1. The van der Waals surface area contributed by atoms with Crippen molar-refractivity contribution in [3.63, 3.8) is 0 Å². The molecule has 1 amide bonds. The highest BCUT2D eigenvalue weighted by atomic mass is 16.5. The second kappa shape index (κ2) is 5.77. The van der Waals surface area contributed by atoms with E-state index in [1.807, 2.05) is 11.9 Å². The third-order valence-corrected chi connectivity index (χ3v) is 4.74. The summed E-state index contributed by atoms with van der Waals surface area (Å²) in [6, 6.07) is 0.742. The Bertz CT molecular complexity index is 325. The number of hydrogen-bond donors (Lipinski definition) is 0. The molecule has 0 spiro atoms. The van der Waals surface area contributed by atoms with Crippen molar-refractivity contribution in [1.82, 2.24) is 14.7 Å². The minimum Gasteiger partial charge on any atom is -0.379 e. The molecule has 3 aliphatic heterocycles. The number of nitrogens with zero attached hydrogens (tertiary/aromatic N) is 3. The quantitative estimate of drug-likeness (QED) is 0.714. The fourth-order valence-corrected chi connectivity index (χ4v) is 3.48. The van der Waals surface area contributed by atoms with Gasteiger partial charge in [0.05, 0.1) is 13.2 Å². The van der Waals surface area contributed by atoms with Gasteiger partial charge in [-0.05, 0) is 12.3 Å². The molecule has 3 saturated heterocycles. The van der Waals surface area contributed by atoms with Gasteiger partial charge in [-0.25, -0.2) is 0 Å². The molecule has 5 heteroatoms. The van der Waals surface area contributed by atoms with Crippen LogP contribution >= 0.6 is 0 Å². The molecule has 0 aromatic rings. The first-order valence-corrected chi connectivity index (χ1v) is 7.50. The van der Waals surface area contributed by atoms with Gasteiger partial charge in [-0.15, -0.1) is 0 Å². The van der Waals surface area contributed by atoms with Crippen molar-refractivity contribution >= 4 is 5.91 Å². The Hall–Kier alpha value is -0.650. The first kappa shape index (κ1) is 13.3. The highest BCUT2D eigenvalue weighted by Crippen LogP contribution is 2.22. The molecular formula is C14H25N3O2. The zero-order valence-electron chi connectivity index (χ0n) is 11.9. The van der Waals surface area contributed by atoms with Crippen LogP contribution in [0, 0.1) is 5.92 Å². The van der Waals surface area contributed by atoms with Crippen LogP contribution in [0.1, 0.15) is 12.8 Å². The van der Waals surface area contributed by atoms with Gasteiger partial charge in [-0.1, -0.05) is 0 Å². The topological polar surface area (TPSA) is 36.0 Å². The fourth-order valence-electron chi connectivity index (χ4n) is 3.48. The summed E-state index contributed by atoms with van der Waals surface area (Å²) >= 11 is 0. The minimum absolute atomic E-state index is 0.311. The van der Waals surface area contributed by atoms with Gasteiger partial charge in [0.1, 0.15) is 0 Å². The van der Waals surface area contributed by atoms with Crippen LogP contribution in [0.3, 0.4) is 0 Å². The Balaban J connectivity index is 1.38. The van der Waals surface area contributed by atoms with Crippen molar-refractivity contribution in [3.05, 3.63) is 0 Å². The molecule has 0 bridgehead atoms. The van der Waals surface area contributed by atoms with Crippen LogP contribution in [-0.4, -0.2) is 86.2 Å². The summed E-state index contributed by atoms with van der Waals surface area (Å²) in [5.74, 6) is 0.986. The lowest BCUT2D eigenvalue weighted by Gasteiger charge is -2.48. The average Bonchev–Trinajstić information content (AvgIpc) is 2.38. The number of carbonyl (C=O) groups is 1. The van der Waals surface area contributed by atoms with E-state index in [0.717, 1.165) is 51.7 Å². The molecule has 3 rings (SSSR count). The lowest BCUT2D eigenvalue weighted by Crippen LogP contribution is -2.62. The molecule has 1 atom stereocenters. The van der Waals surface area contributed by atoms with E-state index in [1.165, 1.54) is 19.6 Å². The highest BCUT2D eigenvalue weighted by molar-refractivity contribution is 5.76. The third kappa shape index (κ3) is 3.09. The summed E-state index contributed by atoms with van der Waals surface area (Å²) in [7, 11) is 1.93. The number of ether oxygens (including phenoxy) is 1. The molecule has 0 aromatic carbocycles. The molecule has 0 N–H and O–H groups in total. The lowest BCUT2D eigenvalue weighted by molar-refractivity contribution is -0.133. The summed E-state index contributed by atoms with van der Waals surface area (Å²) in [5, 5.41) is 0. The number of piperidine rings is 1. The molecule has 108 valence electrons. The predicted molar refractivity (Wildman–Crippen MR) is 73.0 cm³/mol. The fraction of sp³-hybridized carbons (Fsp3) is 0.929. The van der Waals surface area contributed by atoms with Gasteiger partial charge in [-0.2, -0.15) is 0 Å². The monoisotopic (exact) mass is 267 g/mol. The van der Waals surface area contributed by atoms with Crippen LogP contribution in [0.2, 0.25) is 0 Å². The van der Waals surface area contributed by atoms with Crippen molar-refractivity contribution in [1.29, 1.82) is 0 Å². The molecule has 3 aliphatic rings. The van der Waals surface area contributed by atoms with Gasteiger partial charge in [0.2, 0.25) is 5.91 Å². The molecule has 0 aliphatic carbocycles. The maximum atomic E-state index is 11.5. The molecule has 0 radical (unpaired) electrons. The Morgan fingerprint density at radius 2 is 1.95 bits per heavy atom. The number of rotatable bonds is 3. The van der Waals surface area contributed by atoms with E-state index in [4.69, 9.17) is 4.74 Å². The van der Waals surface area contributed by atoms with Crippen molar-refractivity contribution in [2.24, 2.45) is 5.92 Å². The molecule has 0 saturated carbocycles. The summed E-state index contributed by atoms with van der Waals surface area (Å²) in [5.41, 5.74) is 0. The standard InChI is InChI=1S/C14H25N3O2/c1-15-8-12(2-3-14(15)18)9-16-10-13(11-16)17-4-6-19-7-5-17/h12-13H,2-11H2,1H3. The normalized spacial score (nSPS) is 31.5. The van der Waals surface area contributed by atoms with Gasteiger partial charge in [-0.3, -0.25) is 14.6 Å². The van der Waals surface area contributed by atoms with E-state index in [1.54, 1.807) is 0 Å². The number of carbonyl (C=O) groups excluding carboxylic acids is 1. The summed E-state index contributed by atoms with van der Waals surface area (Å²) in [4.78, 5) is 18.5. The summed E-state index contributed by atoms with van der Waals surface area (Å²) in [6.07, 6.45) is 1.81. The van der Waals surface area contributed by atoms with Crippen LogP contribution in [-0.2, 0) is 9.53 Å². The number of morpholine rings is 1. The smallest absolute Gasteiger partial charge is 0.222 e. The summed E-state index contributed by atoms with van der Waals surface area (Å²) < 4.78 is 5.40. The molecule has 5 nitrogen and oxygen atoms in total. The average molecular weight is 267 g/mol. The van der Waals surface area contributed by atoms with Crippen LogP contribution in [0.5, 0.6) is 0 Å². The molecule has 19 heavy (non-hydrogen) atoms. The molecule has 3 heterocycles. The minimum atomic E-state index is 0.311. The Morgan fingerprint density at radius 3 is 2.63 bits per heavy atom.